The molecule has 0 fully saturated rings. The van der Waals surface area contributed by atoms with Crippen molar-refractivity contribution in [3.8, 4) is 17.6 Å². The van der Waals surface area contributed by atoms with Gasteiger partial charge in [0.1, 0.15) is 17.0 Å². The van der Waals surface area contributed by atoms with E-state index in [9.17, 15) is 4.79 Å². The highest BCUT2D eigenvalue weighted by atomic mass is 16.6. The van der Waals surface area contributed by atoms with Crippen LogP contribution in [0.25, 0.3) is 11.1 Å². The molecule has 0 spiro atoms. The highest BCUT2D eigenvalue weighted by Crippen LogP contribution is 2.27. The fraction of sp³-hybridized carbons (Fsp3) is 0.125. The number of benzene rings is 2. The maximum absolute atomic E-state index is 11.2. The van der Waals surface area contributed by atoms with Crippen LogP contribution in [0, 0.1) is 0 Å². The van der Waals surface area contributed by atoms with E-state index in [0.29, 0.717) is 17.1 Å². The van der Waals surface area contributed by atoms with E-state index in [4.69, 9.17) is 13.9 Å². The van der Waals surface area contributed by atoms with Crippen LogP contribution in [-0.4, -0.2) is 24.5 Å². The number of hydrogen-bond donors (Lipinski definition) is 1. The van der Waals surface area contributed by atoms with Gasteiger partial charge in [-0.25, -0.2) is 0 Å². The van der Waals surface area contributed by atoms with E-state index in [1.165, 1.54) is 0 Å². The molecule has 0 saturated heterocycles. The average molecular weight is 298 g/mol. The lowest BCUT2D eigenvalue weighted by Crippen LogP contribution is -2.24. The third-order valence-corrected chi connectivity index (χ3v) is 2.93. The van der Waals surface area contributed by atoms with Gasteiger partial charge in [-0.1, -0.05) is 18.2 Å². The molecule has 1 heterocycles. The zero-order valence-corrected chi connectivity index (χ0v) is 11.9. The van der Waals surface area contributed by atoms with Gasteiger partial charge in [0.15, 0.2) is 12.2 Å². The lowest BCUT2D eigenvalue weighted by atomic mass is 10.3. The van der Waals surface area contributed by atoms with Crippen LogP contribution in [0.5, 0.6) is 17.6 Å². The van der Waals surface area contributed by atoms with Crippen molar-refractivity contribution in [3.05, 3.63) is 48.5 Å². The highest BCUT2D eigenvalue weighted by molar-refractivity contribution is 5.77. The maximum Gasteiger partial charge on any atom is 0.400 e. The Morgan fingerprint density at radius 2 is 2.00 bits per heavy atom. The average Bonchev–Trinajstić information content (AvgIpc) is 2.95. The molecule has 6 heteroatoms. The second-order valence-electron chi connectivity index (χ2n) is 4.49. The van der Waals surface area contributed by atoms with Gasteiger partial charge >= 0.3 is 6.08 Å². The summed E-state index contributed by atoms with van der Waals surface area (Å²) in [7, 11) is 1.55. The third-order valence-electron chi connectivity index (χ3n) is 2.93. The summed E-state index contributed by atoms with van der Waals surface area (Å²) in [5.74, 6) is 0.837. The van der Waals surface area contributed by atoms with Crippen LogP contribution in [-0.2, 0) is 4.79 Å². The first kappa shape index (κ1) is 13.9. The molecule has 3 aromatic rings. The highest BCUT2D eigenvalue weighted by Gasteiger charge is 2.08. The Kier molecular flexibility index (Phi) is 3.91. The number of amides is 1. The second-order valence-corrected chi connectivity index (χ2v) is 4.49. The van der Waals surface area contributed by atoms with Gasteiger partial charge in [-0.3, -0.25) is 4.79 Å². The van der Waals surface area contributed by atoms with E-state index in [1.54, 1.807) is 31.3 Å². The Morgan fingerprint density at radius 3 is 2.82 bits per heavy atom. The number of rotatable bonds is 5. The molecule has 1 amide bonds. The predicted molar refractivity (Wildman–Crippen MR) is 80.1 cm³/mol. The van der Waals surface area contributed by atoms with E-state index in [-0.39, 0.29) is 18.6 Å². The van der Waals surface area contributed by atoms with Gasteiger partial charge in [0, 0.05) is 13.1 Å². The second kappa shape index (κ2) is 6.17. The molecule has 6 nitrogen and oxygen atoms in total. The Morgan fingerprint density at radius 1 is 1.18 bits per heavy atom. The van der Waals surface area contributed by atoms with Crippen LogP contribution in [0.2, 0.25) is 0 Å². The fourth-order valence-corrected chi connectivity index (χ4v) is 1.84. The first-order valence-corrected chi connectivity index (χ1v) is 6.71. The van der Waals surface area contributed by atoms with Gasteiger partial charge in [-0.2, -0.15) is 4.98 Å². The molecule has 1 aromatic heterocycles. The number of likely N-dealkylation sites (N-methyl/N-ethyl adjacent to an activating group) is 1. The molecule has 0 radical (unpaired) electrons. The number of fused-ring (bicyclic) bond motifs is 1. The van der Waals surface area contributed by atoms with Gasteiger partial charge in [0.2, 0.25) is 0 Å². The van der Waals surface area contributed by atoms with E-state index in [1.807, 2.05) is 24.3 Å². The van der Waals surface area contributed by atoms with Gasteiger partial charge in [-0.15, -0.1) is 0 Å². The normalized spacial score (nSPS) is 10.4. The minimum absolute atomic E-state index is 0.0527. The summed E-state index contributed by atoms with van der Waals surface area (Å²) in [5.41, 5.74) is 1.38. The van der Waals surface area contributed by atoms with Crippen LogP contribution >= 0.6 is 0 Å². The molecule has 0 aliphatic rings. The van der Waals surface area contributed by atoms with Gasteiger partial charge in [0.05, 0.1) is 0 Å². The Bertz CT molecular complexity index is 764. The largest absolute Gasteiger partial charge is 0.484 e. The lowest BCUT2D eigenvalue weighted by Gasteiger charge is -2.06. The number of ether oxygens (including phenoxy) is 2. The van der Waals surface area contributed by atoms with Crippen LogP contribution in [0.15, 0.2) is 52.9 Å². The molecule has 0 aliphatic heterocycles. The zero-order valence-electron chi connectivity index (χ0n) is 11.9. The van der Waals surface area contributed by atoms with Crippen molar-refractivity contribution in [1.29, 1.82) is 0 Å². The zero-order chi connectivity index (χ0) is 15.4. The van der Waals surface area contributed by atoms with Crippen molar-refractivity contribution in [2.75, 3.05) is 13.7 Å². The van der Waals surface area contributed by atoms with Crippen molar-refractivity contribution >= 4 is 17.0 Å². The van der Waals surface area contributed by atoms with Crippen molar-refractivity contribution in [2.24, 2.45) is 0 Å². The van der Waals surface area contributed by atoms with Crippen molar-refractivity contribution < 1.29 is 18.7 Å². The maximum atomic E-state index is 11.2. The van der Waals surface area contributed by atoms with E-state index >= 15 is 0 Å². The number of nitrogens with zero attached hydrogens (tertiary/aromatic N) is 1. The number of carbonyl (C=O) groups excluding carboxylic acids is 1. The Balaban J connectivity index is 1.73. The van der Waals surface area contributed by atoms with Gasteiger partial charge in [0.25, 0.3) is 5.91 Å². The van der Waals surface area contributed by atoms with E-state index in [0.717, 1.165) is 5.52 Å². The summed E-state index contributed by atoms with van der Waals surface area (Å²) >= 11 is 0. The summed E-state index contributed by atoms with van der Waals surface area (Å²) in [6, 6.07) is 14.3. The molecular formula is C16H14N2O4. The van der Waals surface area contributed by atoms with Crippen LogP contribution in [0.1, 0.15) is 0 Å². The summed E-state index contributed by atoms with van der Waals surface area (Å²) in [6.07, 6.45) is 0.157. The summed E-state index contributed by atoms with van der Waals surface area (Å²) in [5, 5.41) is 2.48. The molecule has 0 aliphatic carbocycles. The van der Waals surface area contributed by atoms with Crippen molar-refractivity contribution in [1.82, 2.24) is 10.3 Å². The number of carbonyl (C=O) groups is 1. The first-order valence-electron chi connectivity index (χ1n) is 6.71. The third kappa shape index (κ3) is 3.17. The Labute approximate surface area is 126 Å². The molecule has 112 valence electrons. The summed E-state index contributed by atoms with van der Waals surface area (Å²) in [6.45, 7) is -0.0527. The summed E-state index contributed by atoms with van der Waals surface area (Å²) in [4.78, 5) is 15.4. The number of aromatic nitrogens is 1. The molecule has 22 heavy (non-hydrogen) atoms. The topological polar surface area (TPSA) is 73.6 Å². The molecule has 3 rings (SSSR count). The van der Waals surface area contributed by atoms with E-state index in [2.05, 4.69) is 10.3 Å². The summed E-state index contributed by atoms with van der Waals surface area (Å²) < 4.78 is 16.4. The van der Waals surface area contributed by atoms with Crippen LogP contribution in [0.4, 0.5) is 0 Å². The molecular weight excluding hydrogens is 284 g/mol. The minimum atomic E-state index is -0.203. The predicted octanol–water partition coefficient (Wildman–Crippen LogP) is 2.74. The fourth-order valence-electron chi connectivity index (χ4n) is 1.84. The van der Waals surface area contributed by atoms with Gasteiger partial charge in [-0.05, 0) is 24.3 Å². The molecule has 0 saturated carbocycles. The molecule has 0 bridgehead atoms. The Hall–Kier alpha value is -3.02. The van der Waals surface area contributed by atoms with Crippen molar-refractivity contribution in [3.63, 3.8) is 0 Å². The molecule has 2 aromatic carbocycles. The van der Waals surface area contributed by atoms with Crippen LogP contribution in [0.3, 0.4) is 0 Å². The number of nitrogens with one attached hydrogen (secondary N) is 1. The smallest absolute Gasteiger partial charge is 0.400 e. The quantitative estimate of drug-likeness (QED) is 0.784. The standard InChI is InChI=1S/C16H14N2O4/c1-17-15(19)10-20-11-5-4-6-12(9-11)21-16-18-13-7-2-3-8-14(13)22-16/h2-9H,10H2,1H3,(H,17,19). The minimum Gasteiger partial charge on any atom is -0.484 e. The SMILES string of the molecule is CNC(=O)COc1cccc(Oc2nc3ccccc3o2)c1. The number of hydrogen-bond acceptors (Lipinski definition) is 5. The number of para-hydroxylation sites is 2. The van der Waals surface area contributed by atoms with Crippen LogP contribution < -0.4 is 14.8 Å². The monoisotopic (exact) mass is 298 g/mol. The molecule has 1 N–H and O–H groups in total. The van der Waals surface area contributed by atoms with Crippen molar-refractivity contribution in [2.45, 2.75) is 0 Å². The first-order chi connectivity index (χ1) is 10.7. The molecule has 0 atom stereocenters. The van der Waals surface area contributed by atoms with Gasteiger partial charge < -0.3 is 19.2 Å². The van der Waals surface area contributed by atoms with E-state index < -0.39 is 0 Å². The molecule has 0 unspecified atom stereocenters. The lowest BCUT2D eigenvalue weighted by molar-refractivity contribution is -0.122. The number of oxazole rings is 1.